The largest absolute Gasteiger partial charge is 0.407 e. The van der Waals surface area contributed by atoms with Gasteiger partial charge in [-0.2, -0.15) is 13.2 Å². The molecule has 5 rings (SSSR count). The van der Waals surface area contributed by atoms with E-state index in [1.165, 1.54) is 29.0 Å². The predicted molar refractivity (Wildman–Crippen MR) is 112 cm³/mol. The van der Waals surface area contributed by atoms with Crippen LogP contribution < -0.4 is 5.73 Å². The molecule has 1 atom stereocenters. The van der Waals surface area contributed by atoms with E-state index in [9.17, 15) is 17.6 Å². The molecule has 0 amide bonds. The molecule has 0 spiro atoms. The van der Waals surface area contributed by atoms with Crippen LogP contribution in [0.4, 0.5) is 17.6 Å². The van der Waals surface area contributed by atoms with E-state index >= 15 is 0 Å². The summed E-state index contributed by atoms with van der Waals surface area (Å²) in [5, 5.41) is 0.369. The van der Waals surface area contributed by atoms with Gasteiger partial charge in [0.25, 0.3) is 0 Å². The number of rotatable bonds is 4. The van der Waals surface area contributed by atoms with Gasteiger partial charge in [0.1, 0.15) is 27.2 Å². The molecule has 4 aromatic rings. The number of nitrogens with zero attached hydrogens (tertiary/aromatic N) is 2. The smallest absolute Gasteiger partial charge is 0.316 e. The number of hydrogen-bond donors (Lipinski definition) is 1. The number of alkyl halides is 3. The highest BCUT2D eigenvalue weighted by Gasteiger charge is 2.47. The fourth-order valence-corrected chi connectivity index (χ4v) is 4.83. The van der Waals surface area contributed by atoms with Gasteiger partial charge in [0.2, 0.25) is 0 Å². The van der Waals surface area contributed by atoms with E-state index in [1.807, 2.05) is 30.3 Å². The third kappa shape index (κ3) is 3.49. The van der Waals surface area contributed by atoms with Crippen molar-refractivity contribution in [3.63, 3.8) is 0 Å². The maximum Gasteiger partial charge on any atom is 0.407 e. The van der Waals surface area contributed by atoms with Crippen molar-refractivity contribution < 1.29 is 17.6 Å². The van der Waals surface area contributed by atoms with E-state index in [0.717, 1.165) is 24.6 Å². The van der Waals surface area contributed by atoms with Crippen molar-refractivity contribution in [3.8, 4) is 10.6 Å². The molecule has 8 heteroatoms. The number of halogens is 4. The Morgan fingerprint density at radius 1 is 0.968 bits per heavy atom. The molecule has 2 N–H and O–H groups in total. The van der Waals surface area contributed by atoms with Crippen molar-refractivity contribution in [1.82, 2.24) is 9.97 Å². The van der Waals surface area contributed by atoms with Crippen LogP contribution in [-0.2, 0) is 5.41 Å². The minimum absolute atomic E-state index is 0.0970. The Morgan fingerprint density at radius 2 is 1.71 bits per heavy atom. The monoisotopic (exact) mass is 443 g/mol. The van der Waals surface area contributed by atoms with Crippen molar-refractivity contribution in [1.29, 1.82) is 0 Å². The Kier molecular flexibility index (Phi) is 4.60. The zero-order valence-corrected chi connectivity index (χ0v) is 17.0. The molecule has 1 saturated carbocycles. The van der Waals surface area contributed by atoms with E-state index in [0.29, 0.717) is 15.4 Å². The van der Waals surface area contributed by atoms with Crippen molar-refractivity contribution in [2.24, 2.45) is 5.73 Å². The number of aromatic nitrogens is 2. The first-order valence-electron chi connectivity index (χ1n) is 9.74. The van der Waals surface area contributed by atoms with Crippen LogP contribution in [0.5, 0.6) is 0 Å². The lowest BCUT2D eigenvalue weighted by Gasteiger charge is -2.16. The van der Waals surface area contributed by atoms with Crippen LogP contribution in [0.1, 0.15) is 35.7 Å². The van der Waals surface area contributed by atoms with Crippen LogP contribution in [0, 0.1) is 5.82 Å². The number of hydrogen-bond acceptors (Lipinski definition) is 4. The topological polar surface area (TPSA) is 51.8 Å². The summed E-state index contributed by atoms with van der Waals surface area (Å²) in [6, 6.07) is 15.1. The highest BCUT2D eigenvalue weighted by Crippen LogP contribution is 2.53. The summed E-state index contributed by atoms with van der Waals surface area (Å²) in [4.78, 5) is 9.92. The van der Waals surface area contributed by atoms with Crippen molar-refractivity contribution in [2.75, 3.05) is 0 Å². The van der Waals surface area contributed by atoms with Gasteiger partial charge >= 0.3 is 6.18 Å². The molecule has 0 radical (unpaired) electrons. The molecule has 2 aromatic carbocycles. The van der Waals surface area contributed by atoms with Crippen LogP contribution >= 0.6 is 11.3 Å². The third-order valence-corrected chi connectivity index (χ3v) is 6.76. The lowest BCUT2D eigenvalue weighted by molar-refractivity contribution is -0.149. The number of thiazole rings is 1. The number of pyridine rings is 1. The number of benzene rings is 2. The Bertz CT molecular complexity index is 1260. The molecule has 31 heavy (non-hydrogen) atoms. The summed E-state index contributed by atoms with van der Waals surface area (Å²) >= 11 is 1.22. The van der Waals surface area contributed by atoms with Gasteiger partial charge in [-0.15, -0.1) is 0 Å². The highest BCUT2D eigenvalue weighted by atomic mass is 32.1. The Labute approximate surface area is 179 Å². The van der Waals surface area contributed by atoms with E-state index in [4.69, 9.17) is 10.7 Å². The minimum atomic E-state index is -4.64. The second kappa shape index (κ2) is 7.10. The predicted octanol–water partition coefficient (Wildman–Crippen LogP) is 6.14. The molecule has 3 nitrogen and oxygen atoms in total. The van der Waals surface area contributed by atoms with Gasteiger partial charge < -0.3 is 5.73 Å². The van der Waals surface area contributed by atoms with Gasteiger partial charge in [0, 0.05) is 11.0 Å². The summed E-state index contributed by atoms with van der Waals surface area (Å²) in [7, 11) is 0. The summed E-state index contributed by atoms with van der Waals surface area (Å²) in [5.74, 6) is -0.792. The maximum atomic E-state index is 14.6. The van der Waals surface area contributed by atoms with Gasteiger partial charge in [0.15, 0.2) is 0 Å². The molecular formula is C23H17F4N3S. The molecule has 1 aliphatic rings. The van der Waals surface area contributed by atoms with Crippen LogP contribution in [0.15, 0.2) is 60.7 Å². The fraction of sp³-hybridized carbons (Fsp3) is 0.217. The third-order valence-electron chi connectivity index (χ3n) is 5.76. The van der Waals surface area contributed by atoms with Gasteiger partial charge in [-0.1, -0.05) is 47.7 Å². The van der Waals surface area contributed by atoms with Gasteiger partial charge in [-0.05, 0) is 48.2 Å². The fourth-order valence-electron chi connectivity index (χ4n) is 3.86. The van der Waals surface area contributed by atoms with Gasteiger partial charge in [-0.3, -0.25) is 0 Å². The first kappa shape index (κ1) is 20.1. The average molecular weight is 443 g/mol. The van der Waals surface area contributed by atoms with Gasteiger partial charge in [0.05, 0.1) is 5.69 Å². The van der Waals surface area contributed by atoms with Crippen molar-refractivity contribution in [2.45, 2.75) is 30.5 Å². The quantitative estimate of drug-likeness (QED) is 0.386. The molecule has 2 aromatic heterocycles. The normalized spacial score (nSPS) is 16.4. The molecule has 0 unspecified atom stereocenters. The zero-order valence-electron chi connectivity index (χ0n) is 16.2. The maximum absolute atomic E-state index is 14.6. The molecule has 158 valence electrons. The average Bonchev–Trinajstić information content (AvgIpc) is 3.46. The first-order chi connectivity index (χ1) is 14.8. The summed E-state index contributed by atoms with van der Waals surface area (Å²) in [6.07, 6.45) is -2.62. The summed E-state index contributed by atoms with van der Waals surface area (Å²) in [6.45, 7) is 0. The SMILES string of the molecule is N[C@@H](c1ccc(-c2nc3ccc(C4(c5ccccc5)CC4)nc3s2)c(F)c1)C(F)(F)F. The summed E-state index contributed by atoms with van der Waals surface area (Å²) in [5.41, 5.74) is 7.69. The van der Waals surface area contributed by atoms with Crippen LogP contribution in [0.3, 0.4) is 0 Å². The Morgan fingerprint density at radius 3 is 2.35 bits per heavy atom. The highest BCUT2D eigenvalue weighted by molar-refractivity contribution is 7.21. The zero-order chi connectivity index (χ0) is 21.8. The number of fused-ring (bicyclic) bond motifs is 1. The second-order valence-corrected chi connectivity index (χ2v) is 8.72. The first-order valence-corrected chi connectivity index (χ1v) is 10.6. The standard InChI is InChI=1S/C23H17F4N3S/c24-16-12-13(19(28)23(25,26)27)6-7-15(16)20-29-17-8-9-18(30-21(17)31-20)22(10-11-22)14-4-2-1-3-5-14/h1-9,12,19H,10-11,28H2/t19-/m0/s1. The molecule has 0 saturated heterocycles. The Hall–Kier alpha value is -2.84. The van der Waals surface area contributed by atoms with Crippen molar-refractivity contribution in [3.05, 3.63) is 83.3 Å². The molecule has 1 aliphatic carbocycles. The molecule has 1 fully saturated rings. The van der Waals surface area contributed by atoms with Crippen LogP contribution in [0.25, 0.3) is 20.9 Å². The lowest BCUT2D eigenvalue weighted by atomic mass is 9.92. The number of nitrogens with two attached hydrogens (primary N) is 1. The lowest BCUT2D eigenvalue weighted by Crippen LogP contribution is -2.28. The van der Waals surface area contributed by atoms with Crippen LogP contribution in [-0.4, -0.2) is 16.1 Å². The molecule has 0 bridgehead atoms. The van der Waals surface area contributed by atoms with E-state index < -0.39 is 18.0 Å². The van der Waals surface area contributed by atoms with Gasteiger partial charge in [-0.25, -0.2) is 14.4 Å². The second-order valence-electron chi connectivity index (χ2n) is 7.75. The Balaban J connectivity index is 1.50. The van der Waals surface area contributed by atoms with E-state index in [1.54, 1.807) is 0 Å². The van der Waals surface area contributed by atoms with E-state index in [2.05, 4.69) is 17.1 Å². The van der Waals surface area contributed by atoms with E-state index in [-0.39, 0.29) is 16.5 Å². The van der Waals surface area contributed by atoms with Crippen LogP contribution in [0.2, 0.25) is 0 Å². The molecule has 2 heterocycles. The van der Waals surface area contributed by atoms with Crippen molar-refractivity contribution >= 4 is 21.7 Å². The summed E-state index contributed by atoms with van der Waals surface area (Å²) < 4.78 is 53.1. The molecule has 0 aliphatic heterocycles. The molecular weight excluding hydrogens is 426 g/mol. The minimum Gasteiger partial charge on any atom is -0.316 e.